The van der Waals surface area contributed by atoms with Crippen LogP contribution in [0, 0.1) is 5.92 Å². The van der Waals surface area contributed by atoms with Crippen molar-refractivity contribution in [3.05, 3.63) is 0 Å². The molecule has 0 aromatic heterocycles. The molecule has 0 radical (unpaired) electrons. The minimum atomic E-state index is 0.989. The first-order chi connectivity index (χ1) is 7.36. The Morgan fingerprint density at radius 1 is 1.20 bits per heavy atom. The van der Waals surface area contributed by atoms with Crippen molar-refractivity contribution in [3.8, 4) is 0 Å². The van der Waals surface area contributed by atoms with Gasteiger partial charge in [0.05, 0.1) is 0 Å². The Bertz CT molecular complexity index is 147. The van der Waals surface area contributed by atoms with Gasteiger partial charge in [0.2, 0.25) is 0 Å². The molecule has 1 aliphatic rings. The Labute approximate surface area is 95.4 Å². The molecule has 0 bridgehead atoms. The second-order valence-corrected chi connectivity index (χ2v) is 4.82. The van der Waals surface area contributed by atoms with Crippen LogP contribution in [0.5, 0.6) is 0 Å². The van der Waals surface area contributed by atoms with E-state index in [-0.39, 0.29) is 0 Å². The van der Waals surface area contributed by atoms with Gasteiger partial charge >= 0.3 is 0 Å². The highest BCUT2D eigenvalue weighted by Gasteiger charge is 2.19. The van der Waals surface area contributed by atoms with Crippen LogP contribution in [0.15, 0.2) is 0 Å². The van der Waals surface area contributed by atoms with Crippen LogP contribution in [0.4, 0.5) is 0 Å². The van der Waals surface area contributed by atoms with E-state index in [0.717, 1.165) is 5.92 Å². The van der Waals surface area contributed by atoms with Gasteiger partial charge in [-0.3, -0.25) is 0 Å². The molecule has 0 aliphatic carbocycles. The summed E-state index contributed by atoms with van der Waals surface area (Å²) in [6.45, 7) is 11.0. The normalized spacial score (nSPS) is 22.4. The highest BCUT2D eigenvalue weighted by atomic mass is 15.1. The average molecular weight is 212 g/mol. The molecule has 90 valence electrons. The van der Waals surface area contributed by atoms with E-state index in [9.17, 15) is 0 Å². The van der Waals surface area contributed by atoms with E-state index in [1.54, 1.807) is 0 Å². The predicted octanol–water partition coefficient (Wildman–Crippen LogP) is 2.50. The summed E-state index contributed by atoms with van der Waals surface area (Å²) in [4.78, 5) is 2.65. The van der Waals surface area contributed by atoms with Gasteiger partial charge in [-0.2, -0.15) is 0 Å². The maximum Gasteiger partial charge on any atom is 0.00100 e. The largest absolute Gasteiger partial charge is 0.317 e. The minimum absolute atomic E-state index is 0.989. The molecule has 1 N–H and O–H groups in total. The van der Waals surface area contributed by atoms with Crippen molar-refractivity contribution in [2.24, 2.45) is 5.92 Å². The second-order valence-electron chi connectivity index (χ2n) is 4.82. The Balaban J connectivity index is 1.88. The predicted molar refractivity (Wildman–Crippen MR) is 67.2 cm³/mol. The molecule has 15 heavy (non-hydrogen) atoms. The molecule has 1 saturated heterocycles. The first-order valence-corrected chi connectivity index (χ1v) is 6.79. The van der Waals surface area contributed by atoms with Crippen LogP contribution in [0.3, 0.4) is 0 Å². The van der Waals surface area contributed by atoms with Crippen molar-refractivity contribution in [2.75, 3.05) is 32.7 Å². The van der Waals surface area contributed by atoms with E-state index < -0.39 is 0 Å². The van der Waals surface area contributed by atoms with Gasteiger partial charge in [0, 0.05) is 6.54 Å². The van der Waals surface area contributed by atoms with Gasteiger partial charge in [-0.05, 0) is 57.8 Å². The lowest BCUT2D eigenvalue weighted by molar-refractivity contribution is 0.314. The number of hydrogen-bond donors (Lipinski definition) is 1. The van der Waals surface area contributed by atoms with E-state index in [4.69, 9.17) is 0 Å². The number of nitrogens with zero attached hydrogens (tertiary/aromatic N) is 1. The maximum absolute atomic E-state index is 3.46. The number of hydrogen-bond acceptors (Lipinski definition) is 2. The lowest BCUT2D eigenvalue weighted by Gasteiger charge is -2.15. The lowest BCUT2D eigenvalue weighted by atomic mass is 10.1. The molecule has 1 aliphatic heterocycles. The molecule has 1 rings (SSSR count). The Kier molecular flexibility index (Phi) is 7.03. The third kappa shape index (κ3) is 5.53. The maximum atomic E-state index is 3.46. The Morgan fingerprint density at radius 3 is 2.73 bits per heavy atom. The fraction of sp³-hybridized carbons (Fsp3) is 1.00. The number of rotatable bonds is 8. The topological polar surface area (TPSA) is 15.3 Å². The van der Waals surface area contributed by atoms with Crippen LogP contribution in [0.1, 0.15) is 46.0 Å². The first kappa shape index (κ1) is 13.0. The lowest BCUT2D eigenvalue weighted by Crippen LogP contribution is -2.23. The van der Waals surface area contributed by atoms with E-state index in [0.29, 0.717) is 0 Å². The third-order valence-electron chi connectivity index (χ3n) is 3.45. The molecule has 0 aromatic carbocycles. The van der Waals surface area contributed by atoms with Crippen molar-refractivity contribution >= 4 is 0 Å². The summed E-state index contributed by atoms with van der Waals surface area (Å²) in [5.74, 6) is 0.989. The van der Waals surface area contributed by atoms with Crippen LogP contribution in [0.25, 0.3) is 0 Å². The number of likely N-dealkylation sites (tertiary alicyclic amines) is 1. The summed E-state index contributed by atoms with van der Waals surface area (Å²) < 4.78 is 0. The highest BCUT2D eigenvalue weighted by molar-refractivity contribution is 4.74. The van der Waals surface area contributed by atoms with Gasteiger partial charge in [0.1, 0.15) is 0 Å². The second kappa shape index (κ2) is 8.12. The molecule has 0 saturated carbocycles. The fourth-order valence-corrected chi connectivity index (χ4v) is 2.34. The van der Waals surface area contributed by atoms with E-state index in [1.807, 2.05) is 0 Å². The molecule has 2 nitrogen and oxygen atoms in total. The summed E-state index contributed by atoms with van der Waals surface area (Å²) >= 11 is 0. The molecule has 1 atom stereocenters. The van der Waals surface area contributed by atoms with Gasteiger partial charge in [-0.1, -0.05) is 20.3 Å². The smallest absolute Gasteiger partial charge is 0.00100 e. The molecular formula is C13H28N2. The van der Waals surface area contributed by atoms with Gasteiger partial charge in [-0.25, -0.2) is 0 Å². The van der Waals surface area contributed by atoms with Crippen LogP contribution in [0.2, 0.25) is 0 Å². The zero-order valence-corrected chi connectivity index (χ0v) is 10.6. The quantitative estimate of drug-likeness (QED) is 0.622. The first-order valence-electron chi connectivity index (χ1n) is 6.79. The number of unbranched alkanes of at least 4 members (excludes halogenated alkanes) is 1. The molecule has 0 spiro atoms. The van der Waals surface area contributed by atoms with Gasteiger partial charge in [0.15, 0.2) is 0 Å². The van der Waals surface area contributed by atoms with Gasteiger partial charge in [0.25, 0.3) is 0 Å². The molecule has 0 aromatic rings. The van der Waals surface area contributed by atoms with E-state index in [2.05, 4.69) is 24.1 Å². The molecule has 1 fully saturated rings. The van der Waals surface area contributed by atoms with Crippen molar-refractivity contribution in [2.45, 2.75) is 46.0 Å². The van der Waals surface area contributed by atoms with Crippen molar-refractivity contribution in [1.82, 2.24) is 10.2 Å². The summed E-state index contributed by atoms with van der Waals surface area (Å²) in [6, 6.07) is 0. The summed E-state index contributed by atoms with van der Waals surface area (Å²) in [6.07, 6.45) is 6.77. The van der Waals surface area contributed by atoms with Gasteiger partial charge in [-0.15, -0.1) is 0 Å². The fourth-order valence-electron chi connectivity index (χ4n) is 2.34. The molecule has 2 heteroatoms. The Hall–Kier alpha value is -0.0800. The molecule has 1 unspecified atom stereocenters. The summed E-state index contributed by atoms with van der Waals surface area (Å²) in [5, 5.41) is 3.46. The molecule has 0 amide bonds. The zero-order chi connectivity index (χ0) is 10.9. The van der Waals surface area contributed by atoms with Crippen LogP contribution in [-0.4, -0.2) is 37.6 Å². The summed E-state index contributed by atoms with van der Waals surface area (Å²) in [5.41, 5.74) is 0. The van der Waals surface area contributed by atoms with E-state index >= 15 is 0 Å². The monoisotopic (exact) mass is 212 g/mol. The van der Waals surface area contributed by atoms with Crippen LogP contribution < -0.4 is 5.32 Å². The van der Waals surface area contributed by atoms with E-state index in [1.165, 1.54) is 64.8 Å². The SMILES string of the molecule is CCCNCCCCN1CCC(CC)C1. The highest BCUT2D eigenvalue weighted by Crippen LogP contribution is 2.18. The number of nitrogens with one attached hydrogen (secondary N) is 1. The zero-order valence-electron chi connectivity index (χ0n) is 10.6. The average Bonchev–Trinajstić information content (AvgIpc) is 2.71. The summed E-state index contributed by atoms with van der Waals surface area (Å²) in [7, 11) is 0. The van der Waals surface area contributed by atoms with Gasteiger partial charge < -0.3 is 10.2 Å². The van der Waals surface area contributed by atoms with Crippen molar-refractivity contribution in [3.63, 3.8) is 0 Å². The van der Waals surface area contributed by atoms with Crippen molar-refractivity contribution < 1.29 is 0 Å². The molecular weight excluding hydrogens is 184 g/mol. The molecule has 1 heterocycles. The van der Waals surface area contributed by atoms with Crippen LogP contribution in [-0.2, 0) is 0 Å². The standard InChI is InChI=1S/C13H28N2/c1-3-8-14-9-5-6-10-15-11-7-13(4-2)12-15/h13-14H,3-12H2,1-2H3. The van der Waals surface area contributed by atoms with Crippen molar-refractivity contribution in [1.29, 1.82) is 0 Å². The Morgan fingerprint density at radius 2 is 2.07 bits per heavy atom. The van der Waals surface area contributed by atoms with Crippen LogP contribution >= 0.6 is 0 Å². The minimum Gasteiger partial charge on any atom is -0.317 e. The third-order valence-corrected chi connectivity index (χ3v) is 3.45.